The topological polar surface area (TPSA) is 26.3 Å². The summed E-state index contributed by atoms with van der Waals surface area (Å²) in [7, 11) is 0. The zero-order chi connectivity index (χ0) is 12.8. The van der Waals surface area contributed by atoms with Crippen LogP contribution in [0.2, 0.25) is 0 Å². The van der Waals surface area contributed by atoms with Gasteiger partial charge in [-0.1, -0.05) is 31.0 Å². The van der Waals surface area contributed by atoms with Gasteiger partial charge in [0.05, 0.1) is 13.2 Å². The lowest BCUT2D eigenvalue weighted by Crippen LogP contribution is -1.91. The van der Waals surface area contributed by atoms with E-state index in [2.05, 4.69) is 18.2 Å². The number of hydrogen-bond donors (Lipinski definition) is 0. The number of ketones is 1. The van der Waals surface area contributed by atoms with Crippen molar-refractivity contribution in [1.29, 1.82) is 0 Å². The fourth-order valence-corrected chi connectivity index (χ4v) is 2.44. The SMILES string of the molecule is CC(=O)CCCCCCc1ccc2c(c1)COC2. The van der Waals surface area contributed by atoms with Crippen LogP contribution in [-0.4, -0.2) is 5.78 Å². The summed E-state index contributed by atoms with van der Waals surface area (Å²) >= 11 is 0. The van der Waals surface area contributed by atoms with Crippen molar-refractivity contribution >= 4 is 5.78 Å². The van der Waals surface area contributed by atoms with Crippen molar-refractivity contribution in [1.82, 2.24) is 0 Å². The molecule has 0 amide bonds. The Bertz CT molecular complexity index is 410. The molecule has 0 bridgehead atoms. The Morgan fingerprint density at radius 3 is 2.72 bits per heavy atom. The first-order valence-corrected chi connectivity index (χ1v) is 6.93. The Morgan fingerprint density at radius 2 is 1.89 bits per heavy atom. The summed E-state index contributed by atoms with van der Waals surface area (Å²) in [6.45, 7) is 3.23. The van der Waals surface area contributed by atoms with Gasteiger partial charge in [0.25, 0.3) is 0 Å². The van der Waals surface area contributed by atoms with Crippen LogP contribution in [-0.2, 0) is 29.2 Å². The molecule has 0 fully saturated rings. The van der Waals surface area contributed by atoms with E-state index < -0.39 is 0 Å². The second kappa shape index (κ2) is 6.69. The quantitative estimate of drug-likeness (QED) is 0.684. The summed E-state index contributed by atoms with van der Waals surface area (Å²) in [5.74, 6) is 0.314. The first-order chi connectivity index (χ1) is 8.75. The van der Waals surface area contributed by atoms with Gasteiger partial charge in [0.1, 0.15) is 5.78 Å². The van der Waals surface area contributed by atoms with Gasteiger partial charge < -0.3 is 9.53 Å². The predicted molar refractivity (Wildman–Crippen MR) is 72.4 cm³/mol. The minimum Gasteiger partial charge on any atom is -0.372 e. The lowest BCUT2D eigenvalue weighted by Gasteiger charge is -2.04. The van der Waals surface area contributed by atoms with E-state index in [1.807, 2.05) is 0 Å². The molecule has 0 spiro atoms. The zero-order valence-electron chi connectivity index (χ0n) is 11.2. The van der Waals surface area contributed by atoms with Crippen molar-refractivity contribution in [2.75, 3.05) is 0 Å². The first-order valence-electron chi connectivity index (χ1n) is 6.93. The summed E-state index contributed by atoms with van der Waals surface area (Å²) < 4.78 is 5.42. The van der Waals surface area contributed by atoms with Gasteiger partial charge in [-0.3, -0.25) is 0 Å². The number of carbonyl (C=O) groups excluding carboxylic acids is 1. The Balaban J connectivity index is 1.66. The predicted octanol–water partition coefficient (Wildman–Crippen LogP) is 3.80. The van der Waals surface area contributed by atoms with Gasteiger partial charge in [-0.2, -0.15) is 0 Å². The van der Waals surface area contributed by atoms with Crippen LogP contribution in [0.5, 0.6) is 0 Å². The molecule has 1 aromatic rings. The number of unbranched alkanes of at least 4 members (excludes halogenated alkanes) is 3. The lowest BCUT2D eigenvalue weighted by molar-refractivity contribution is -0.117. The van der Waals surface area contributed by atoms with Crippen LogP contribution in [0, 0.1) is 0 Å². The van der Waals surface area contributed by atoms with Crippen LogP contribution in [0.1, 0.15) is 55.7 Å². The molecule has 0 unspecified atom stereocenters. The summed E-state index contributed by atoms with van der Waals surface area (Å²) in [5.41, 5.74) is 4.13. The highest BCUT2D eigenvalue weighted by Gasteiger charge is 2.10. The minimum absolute atomic E-state index is 0.314. The fourth-order valence-electron chi connectivity index (χ4n) is 2.44. The van der Waals surface area contributed by atoms with Crippen molar-refractivity contribution < 1.29 is 9.53 Å². The standard InChI is InChI=1S/C16H22O2/c1-13(17)6-4-2-3-5-7-14-8-9-15-11-18-12-16(15)10-14/h8-10H,2-7,11-12H2,1H3. The third-order valence-corrected chi connectivity index (χ3v) is 3.53. The van der Waals surface area contributed by atoms with Gasteiger partial charge in [0, 0.05) is 6.42 Å². The summed E-state index contributed by atoms with van der Waals surface area (Å²) in [5, 5.41) is 0. The fraction of sp³-hybridized carbons (Fsp3) is 0.562. The Kier molecular flexibility index (Phi) is 4.94. The van der Waals surface area contributed by atoms with Gasteiger partial charge in [-0.05, 0) is 42.9 Å². The Morgan fingerprint density at radius 1 is 1.11 bits per heavy atom. The van der Waals surface area contributed by atoms with Crippen molar-refractivity contribution in [3.63, 3.8) is 0 Å². The Labute approximate surface area is 109 Å². The second-order valence-corrected chi connectivity index (χ2v) is 5.21. The van der Waals surface area contributed by atoms with E-state index in [1.54, 1.807) is 6.92 Å². The summed E-state index contributed by atoms with van der Waals surface area (Å²) in [6, 6.07) is 6.72. The van der Waals surface area contributed by atoms with Crippen LogP contribution < -0.4 is 0 Å². The molecule has 0 aliphatic carbocycles. The maximum atomic E-state index is 10.8. The number of rotatable bonds is 7. The highest BCUT2D eigenvalue weighted by atomic mass is 16.5. The van der Waals surface area contributed by atoms with Gasteiger partial charge in [0.15, 0.2) is 0 Å². The molecular weight excluding hydrogens is 224 g/mol. The van der Waals surface area contributed by atoms with Gasteiger partial charge in [-0.25, -0.2) is 0 Å². The molecule has 1 heterocycles. The zero-order valence-corrected chi connectivity index (χ0v) is 11.2. The average Bonchev–Trinajstić information content (AvgIpc) is 2.80. The van der Waals surface area contributed by atoms with Crippen LogP contribution in [0.3, 0.4) is 0 Å². The van der Waals surface area contributed by atoms with Crippen molar-refractivity contribution in [2.45, 2.75) is 58.7 Å². The molecule has 0 radical (unpaired) electrons. The molecule has 2 rings (SSSR count). The third kappa shape index (κ3) is 3.95. The summed E-state index contributed by atoms with van der Waals surface area (Å²) in [6.07, 6.45) is 6.56. The van der Waals surface area contributed by atoms with Crippen LogP contribution in [0.15, 0.2) is 18.2 Å². The molecule has 0 atom stereocenters. The molecule has 2 nitrogen and oxygen atoms in total. The molecule has 18 heavy (non-hydrogen) atoms. The van der Waals surface area contributed by atoms with Gasteiger partial charge in [0.2, 0.25) is 0 Å². The molecule has 2 heteroatoms. The highest BCUT2D eigenvalue weighted by Crippen LogP contribution is 2.21. The normalized spacial score (nSPS) is 13.6. The number of benzene rings is 1. The molecule has 1 aromatic carbocycles. The van der Waals surface area contributed by atoms with Crippen molar-refractivity contribution in [2.24, 2.45) is 0 Å². The maximum absolute atomic E-state index is 10.8. The number of Topliss-reactive ketones (excluding diaryl/α,β-unsaturated/α-hetero) is 1. The third-order valence-electron chi connectivity index (χ3n) is 3.53. The first kappa shape index (κ1) is 13.3. The van der Waals surface area contributed by atoms with Gasteiger partial charge in [-0.15, -0.1) is 0 Å². The van der Waals surface area contributed by atoms with Gasteiger partial charge >= 0.3 is 0 Å². The maximum Gasteiger partial charge on any atom is 0.129 e. The number of ether oxygens (including phenoxy) is 1. The smallest absolute Gasteiger partial charge is 0.129 e. The number of carbonyl (C=O) groups is 1. The van der Waals surface area contributed by atoms with E-state index in [9.17, 15) is 4.79 Å². The van der Waals surface area contributed by atoms with Crippen LogP contribution in [0.25, 0.3) is 0 Å². The average molecular weight is 246 g/mol. The van der Waals surface area contributed by atoms with E-state index >= 15 is 0 Å². The monoisotopic (exact) mass is 246 g/mol. The Hall–Kier alpha value is -1.15. The molecule has 1 aliphatic heterocycles. The van der Waals surface area contributed by atoms with E-state index in [1.165, 1.54) is 36.0 Å². The van der Waals surface area contributed by atoms with Crippen LogP contribution >= 0.6 is 0 Å². The van der Waals surface area contributed by atoms with E-state index in [-0.39, 0.29) is 0 Å². The summed E-state index contributed by atoms with van der Waals surface area (Å²) in [4.78, 5) is 10.8. The molecule has 0 N–H and O–H groups in total. The van der Waals surface area contributed by atoms with Crippen molar-refractivity contribution in [3.8, 4) is 0 Å². The largest absolute Gasteiger partial charge is 0.372 e. The number of aryl methyl sites for hydroxylation is 1. The molecule has 1 aliphatic rings. The van der Waals surface area contributed by atoms with Crippen LogP contribution in [0.4, 0.5) is 0 Å². The molecule has 0 saturated heterocycles. The molecule has 0 saturated carbocycles. The minimum atomic E-state index is 0.314. The van der Waals surface area contributed by atoms with E-state index in [4.69, 9.17) is 4.74 Å². The van der Waals surface area contributed by atoms with Crippen molar-refractivity contribution in [3.05, 3.63) is 34.9 Å². The van der Waals surface area contributed by atoms with E-state index in [0.717, 1.165) is 32.5 Å². The second-order valence-electron chi connectivity index (χ2n) is 5.21. The number of hydrogen-bond acceptors (Lipinski definition) is 2. The highest BCUT2D eigenvalue weighted by molar-refractivity contribution is 5.75. The molecule has 98 valence electrons. The number of fused-ring (bicyclic) bond motifs is 1. The molecular formula is C16H22O2. The van der Waals surface area contributed by atoms with E-state index in [0.29, 0.717) is 5.78 Å². The lowest BCUT2D eigenvalue weighted by atomic mass is 10.0. The molecule has 0 aromatic heterocycles.